The number of hydrogen-bond acceptors (Lipinski definition) is 2. The van der Waals surface area contributed by atoms with Gasteiger partial charge in [0, 0.05) is 0 Å². The van der Waals surface area contributed by atoms with Crippen LogP contribution in [0.15, 0.2) is 18.2 Å². The molecule has 0 amide bonds. The third kappa shape index (κ3) is 2.51. The Hall–Kier alpha value is -1.02. The lowest BCUT2D eigenvalue weighted by Gasteiger charge is -2.36. The van der Waals surface area contributed by atoms with Gasteiger partial charge in [-0.25, -0.2) is 0 Å². The van der Waals surface area contributed by atoms with Gasteiger partial charge < -0.3 is 9.84 Å². The molecule has 1 fully saturated rings. The van der Waals surface area contributed by atoms with Gasteiger partial charge in [-0.3, -0.25) is 0 Å². The minimum Gasteiger partial charge on any atom is -0.491 e. The highest BCUT2D eigenvalue weighted by molar-refractivity contribution is 5.33. The standard InChI is InChI=1S/C13H18O2/c1-10-6-11(2)8-12(7-10)15-9-13(14)4-3-5-13/h6-8,14H,3-5,9H2,1-2H3. The number of hydrogen-bond donors (Lipinski definition) is 1. The molecule has 0 bridgehead atoms. The van der Waals surface area contributed by atoms with E-state index in [0.717, 1.165) is 25.0 Å². The first-order chi connectivity index (χ1) is 7.07. The Morgan fingerprint density at radius 2 is 1.80 bits per heavy atom. The molecule has 1 aromatic carbocycles. The van der Waals surface area contributed by atoms with E-state index in [-0.39, 0.29) is 0 Å². The second kappa shape index (κ2) is 3.86. The van der Waals surface area contributed by atoms with Crippen LogP contribution in [0.2, 0.25) is 0 Å². The predicted octanol–water partition coefficient (Wildman–Crippen LogP) is 2.60. The van der Waals surface area contributed by atoms with E-state index < -0.39 is 5.60 Å². The summed E-state index contributed by atoms with van der Waals surface area (Å²) in [5.74, 6) is 0.868. The van der Waals surface area contributed by atoms with Gasteiger partial charge in [0.15, 0.2) is 0 Å². The highest BCUT2D eigenvalue weighted by Crippen LogP contribution is 2.32. The van der Waals surface area contributed by atoms with Crippen molar-refractivity contribution in [3.63, 3.8) is 0 Å². The van der Waals surface area contributed by atoms with Crippen molar-refractivity contribution in [3.05, 3.63) is 29.3 Å². The summed E-state index contributed by atoms with van der Waals surface area (Å²) in [7, 11) is 0. The topological polar surface area (TPSA) is 29.5 Å². The second-order valence-corrected chi connectivity index (χ2v) is 4.69. The van der Waals surface area contributed by atoms with Gasteiger partial charge in [0.05, 0.1) is 5.60 Å². The normalized spacial score (nSPS) is 18.3. The van der Waals surface area contributed by atoms with Crippen LogP contribution >= 0.6 is 0 Å². The Morgan fingerprint density at radius 1 is 1.20 bits per heavy atom. The predicted molar refractivity (Wildman–Crippen MR) is 60.2 cm³/mol. The number of benzene rings is 1. The van der Waals surface area contributed by atoms with Gasteiger partial charge in [0.1, 0.15) is 12.4 Å². The molecule has 1 N–H and O–H groups in total. The maximum atomic E-state index is 9.88. The van der Waals surface area contributed by atoms with Crippen molar-refractivity contribution >= 4 is 0 Å². The van der Waals surface area contributed by atoms with Crippen molar-refractivity contribution in [3.8, 4) is 5.75 Å². The maximum Gasteiger partial charge on any atom is 0.119 e. The molecular weight excluding hydrogens is 188 g/mol. The first-order valence-electron chi connectivity index (χ1n) is 5.51. The fourth-order valence-electron chi connectivity index (χ4n) is 1.96. The molecule has 82 valence electrons. The Labute approximate surface area is 90.9 Å². The van der Waals surface area contributed by atoms with Crippen LogP contribution < -0.4 is 4.74 Å². The van der Waals surface area contributed by atoms with Gasteiger partial charge in [-0.1, -0.05) is 6.07 Å². The molecule has 0 aliphatic heterocycles. The number of aryl methyl sites for hydroxylation is 2. The van der Waals surface area contributed by atoms with Gasteiger partial charge in [-0.05, 0) is 56.4 Å². The van der Waals surface area contributed by atoms with E-state index in [0.29, 0.717) is 6.61 Å². The van der Waals surface area contributed by atoms with Crippen LogP contribution in [0.5, 0.6) is 5.75 Å². The van der Waals surface area contributed by atoms with Gasteiger partial charge >= 0.3 is 0 Å². The smallest absolute Gasteiger partial charge is 0.119 e. The fourth-order valence-corrected chi connectivity index (χ4v) is 1.96. The zero-order chi connectivity index (χ0) is 10.9. The second-order valence-electron chi connectivity index (χ2n) is 4.69. The average molecular weight is 206 g/mol. The summed E-state index contributed by atoms with van der Waals surface area (Å²) in [4.78, 5) is 0. The SMILES string of the molecule is Cc1cc(C)cc(OCC2(O)CCC2)c1. The number of rotatable bonds is 3. The van der Waals surface area contributed by atoms with E-state index in [1.807, 2.05) is 12.1 Å². The fraction of sp³-hybridized carbons (Fsp3) is 0.538. The molecule has 15 heavy (non-hydrogen) atoms. The molecule has 1 aromatic rings. The molecular formula is C13H18O2. The Bertz CT molecular complexity index is 333. The summed E-state index contributed by atoms with van der Waals surface area (Å²) in [5.41, 5.74) is 1.84. The molecule has 2 rings (SSSR count). The van der Waals surface area contributed by atoms with Crippen LogP contribution in [0.25, 0.3) is 0 Å². The molecule has 0 saturated heterocycles. The minimum absolute atomic E-state index is 0.426. The Morgan fingerprint density at radius 3 is 2.27 bits per heavy atom. The molecule has 2 nitrogen and oxygen atoms in total. The molecule has 0 atom stereocenters. The van der Waals surface area contributed by atoms with Gasteiger partial charge in [0.25, 0.3) is 0 Å². The zero-order valence-corrected chi connectivity index (χ0v) is 9.42. The summed E-state index contributed by atoms with van der Waals surface area (Å²) in [6.45, 7) is 4.53. The minimum atomic E-state index is -0.558. The molecule has 0 unspecified atom stereocenters. The molecule has 0 radical (unpaired) electrons. The highest BCUT2D eigenvalue weighted by Gasteiger charge is 2.35. The van der Waals surface area contributed by atoms with Crippen LogP contribution in [0.3, 0.4) is 0 Å². The maximum absolute atomic E-state index is 9.88. The molecule has 1 aliphatic rings. The van der Waals surface area contributed by atoms with E-state index in [1.54, 1.807) is 0 Å². The molecule has 1 saturated carbocycles. The largest absolute Gasteiger partial charge is 0.491 e. The number of ether oxygens (including phenoxy) is 1. The summed E-state index contributed by atoms with van der Waals surface area (Å²) in [6, 6.07) is 6.13. The zero-order valence-electron chi connectivity index (χ0n) is 9.42. The van der Waals surface area contributed by atoms with Crippen LogP contribution in [-0.2, 0) is 0 Å². The van der Waals surface area contributed by atoms with Gasteiger partial charge in [0.2, 0.25) is 0 Å². The summed E-state index contributed by atoms with van der Waals surface area (Å²) >= 11 is 0. The van der Waals surface area contributed by atoms with E-state index >= 15 is 0 Å². The third-order valence-electron chi connectivity index (χ3n) is 2.99. The Kier molecular flexibility index (Phi) is 2.70. The van der Waals surface area contributed by atoms with E-state index in [2.05, 4.69) is 19.9 Å². The Balaban J connectivity index is 1.98. The molecule has 2 heteroatoms. The van der Waals surface area contributed by atoms with Crippen LogP contribution in [-0.4, -0.2) is 17.3 Å². The van der Waals surface area contributed by atoms with Crippen LogP contribution in [0.4, 0.5) is 0 Å². The van der Waals surface area contributed by atoms with Gasteiger partial charge in [-0.2, -0.15) is 0 Å². The molecule has 0 spiro atoms. The molecule has 0 heterocycles. The van der Waals surface area contributed by atoms with Gasteiger partial charge in [-0.15, -0.1) is 0 Å². The summed E-state index contributed by atoms with van der Waals surface area (Å²) in [6.07, 6.45) is 2.86. The van der Waals surface area contributed by atoms with Crippen molar-refractivity contribution < 1.29 is 9.84 Å². The summed E-state index contributed by atoms with van der Waals surface area (Å²) in [5, 5.41) is 9.88. The van der Waals surface area contributed by atoms with Crippen molar-refractivity contribution in [1.82, 2.24) is 0 Å². The molecule has 0 aromatic heterocycles. The monoisotopic (exact) mass is 206 g/mol. The lowest BCUT2D eigenvalue weighted by molar-refractivity contribution is -0.0663. The quantitative estimate of drug-likeness (QED) is 0.823. The third-order valence-corrected chi connectivity index (χ3v) is 2.99. The van der Waals surface area contributed by atoms with Crippen molar-refractivity contribution in [2.75, 3.05) is 6.61 Å². The molecule has 1 aliphatic carbocycles. The number of aliphatic hydroxyl groups is 1. The lowest BCUT2D eigenvalue weighted by atomic mass is 9.81. The lowest BCUT2D eigenvalue weighted by Crippen LogP contribution is -2.42. The van der Waals surface area contributed by atoms with E-state index in [4.69, 9.17) is 4.74 Å². The first-order valence-corrected chi connectivity index (χ1v) is 5.51. The van der Waals surface area contributed by atoms with Crippen molar-refractivity contribution in [2.24, 2.45) is 0 Å². The highest BCUT2D eigenvalue weighted by atomic mass is 16.5. The summed E-state index contributed by atoms with van der Waals surface area (Å²) < 4.78 is 5.62. The van der Waals surface area contributed by atoms with Crippen molar-refractivity contribution in [2.45, 2.75) is 38.7 Å². The van der Waals surface area contributed by atoms with Crippen LogP contribution in [0, 0.1) is 13.8 Å². The average Bonchev–Trinajstić information content (AvgIpc) is 2.10. The van der Waals surface area contributed by atoms with Crippen LogP contribution in [0.1, 0.15) is 30.4 Å². The van der Waals surface area contributed by atoms with E-state index in [9.17, 15) is 5.11 Å². The van der Waals surface area contributed by atoms with Crippen molar-refractivity contribution in [1.29, 1.82) is 0 Å². The van der Waals surface area contributed by atoms with E-state index in [1.165, 1.54) is 11.1 Å². The first kappa shape index (κ1) is 10.5.